The van der Waals surface area contributed by atoms with Gasteiger partial charge in [-0.05, 0) is 55.9 Å². The number of hydrogen-bond acceptors (Lipinski definition) is 4. The third kappa shape index (κ3) is 5.14. The Hall–Kier alpha value is -3.47. The second-order valence-corrected chi connectivity index (χ2v) is 9.03. The van der Waals surface area contributed by atoms with Gasteiger partial charge in [-0.1, -0.05) is 62.0 Å². The fourth-order valence-electron chi connectivity index (χ4n) is 4.28. The van der Waals surface area contributed by atoms with Crippen molar-refractivity contribution in [3.05, 3.63) is 89.5 Å². The van der Waals surface area contributed by atoms with Crippen LogP contribution in [0.5, 0.6) is 0 Å². The molecule has 0 saturated heterocycles. The standard InChI is InChI=1S/C28H33N5/c1-19-13-15-30-24(17-22(19)4)18-33-27-25(14-16-31-28(27)29)26(32-33)21(3)11-12-23-10-8-6-5-7-9-20(23)2/h5-10,13-17,19,21H,11-12,18H2,1-4H3,(H2,29,31). The minimum atomic E-state index is 0.280. The fraction of sp³-hybridized carbons (Fsp3) is 0.321. The van der Waals surface area contributed by atoms with Gasteiger partial charge < -0.3 is 5.73 Å². The highest BCUT2D eigenvalue weighted by Gasteiger charge is 2.20. The molecule has 0 radical (unpaired) electrons. The number of rotatable bonds is 6. The second kappa shape index (κ2) is 9.99. The van der Waals surface area contributed by atoms with Crippen molar-refractivity contribution in [3.63, 3.8) is 0 Å². The largest absolute Gasteiger partial charge is 0.382 e. The summed E-state index contributed by atoms with van der Waals surface area (Å²) in [6.07, 6.45) is 22.7. The average Bonchev–Trinajstić information content (AvgIpc) is 3.07. The summed E-state index contributed by atoms with van der Waals surface area (Å²) < 4.78 is 1.98. The lowest BCUT2D eigenvalue weighted by Gasteiger charge is -2.12. The van der Waals surface area contributed by atoms with Gasteiger partial charge in [0, 0.05) is 23.7 Å². The molecule has 0 bridgehead atoms. The van der Waals surface area contributed by atoms with Crippen LogP contribution in [-0.2, 0) is 6.54 Å². The van der Waals surface area contributed by atoms with Gasteiger partial charge in [0.2, 0.25) is 0 Å². The lowest BCUT2D eigenvalue weighted by atomic mass is 9.94. The normalized spacial score (nSPS) is 19.3. The maximum Gasteiger partial charge on any atom is 0.149 e. The summed E-state index contributed by atoms with van der Waals surface area (Å²) >= 11 is 0. The molecular formula is C28H33N5. The van der Waals surface area contributed by atoms with E-state index in [0.29, 0.717) is 18.3 Å². The van der Waals surface area contributed by atoms with Crippen LogP contribution >= 0.6 is 0 Å². The van der Waals surface area contributed by atoms with Gasteiger partial charge in [-0.3, -0.25) is 9.67 Å². The third-order valence-electron chi connectivity index (χ3n) is 6.55. The van der Waals surface area contributed by atoms with Gasteiger partial charge in [0.05, 0.1) is 18.0 Å². The Morgan fingerprint density at radius 3 is 2.73 bits per heavy atom. The van der Waals surface area contributed by atoms with Gasteiger partial charge in [-0.2, -0.15) is 5.10 Å². The summed E-state index contributed by atoms with van der Waals surface area (Å²) in [6, 6.07) is 2.03. The molecule has 0 fully saturated rings. The van der Waals surface area contributed by atoms with Gasteiger partial charge in [0.15, 0.2) is 0 Å². The molecule has 33 heavy (non-hydrogen) atoms. The topological polar surface area (TPSA) is 69.1 Å². The Kier molecular flexibility index (Phi) is 6.87. The van der Waals surface area contributed by atoms with Gasteiger partial charge in [-0.15, -0.1) is 0 Å². The first kappa shape index (κ1) is 22.7. The Balaban J connectivity index is 1.62. The minimum absolute atomic E-state index is 0.280. The van der Waals surface area contributed by atoms with Gasteiger partial charge in [0.1, 0.15) is 11.3 Å². The molecule has 0 saturated carbocycles. The number of allylic oxidation sites excluding steroid dienone is 11. The molecule has 0 spiro atoms. The Morgan fingerprint density at radius 1 is 1.12 bits per heavy atom. The summed E-state index contributed by atoms with van der Waals surface area (Å²) in [5.41, 5.74) is 13.2. The zero-order chi connectivity index (χ0) is 23.4. The van der Waals surface area contributed by atoms with Crippen LogP contribution in [0.2, 0.25) is 0 Å². The van der Waals surface area contributed by atoms with Crippen LogP contribution in [-0.4, -0.2) is 20.5 Å². The van der Waals surface area contributed by atoms with E-state index in [1.54, 1.807) is 6.20 Å². The molecule has 5 nitrogen and oxygen atoms in total. The van der Waals surface area contributed by atoms with E-state index >= 15 is 0 Å². The zero-order valence-electron chi connectivity index (χ0n) is 20.0. The number of hydrogen-bond donors (Lipinski definition) is 1. The predicted octanol–water partition coefficient (Wildman–Crippen LogP) is 6.45. The summed E-state index contributed by atoms with van der Waals surface area (Å²) in [5.74, 6) is 1.17. The van der Waals surface area contributed by atoms with E-state index in [-0.39, 0.29) is 5.92 Å². The van der Waals surface area contributed by atoms with Crippen molar-refractivity contribution in [2.45, 2.75) is 53.0 Å². The fourth-order valence-corrected chi connectivity index (χ4v) is 4.28. The van der Waals surface area contributed by atoms with Crippen LogP contribution in [0, 0.1) is 5.92 Å². The van der Waals surface area contributed by atoms with Crippen molar-refractivity contribution in [1.29, 1.82) is 0 Å². The molecule has 3 heterocycles. The van der Waals surface area contributed by atoms with Crippen molar-refractivity contribution in [1.82, 2.24) is 14.8 Å². The maximum absolute atomic E-state index is 6.33. The lowest BCUT2D eigenvalue weighted by molar-refractivity contribution is 0.634. The number of nitrogen functional groups attached to an aromatic ring is 1. The lowest BCUT2D eigenvalue weighted by Crippen LogP contribution is -2.11. The average molecular weight is 440 g/mol. The summed E-state index contributed by atoms with van der Waals surface area (Å²) in [6.45, 7) is 9.32. The number of aromatic nitrogens is 3. The molecule has 1 aliphatic carbocycles. The highest BCUT2D eigenvalue weighted by molar-refractivity contribution is 5.98. The molecule has 2 N–H and O–H groups in total. The van der Waals surface area contributed by atoms with Gasteiger partial charge in [0.25, 0.3) is 0 Å². The van der Waals surface area contributed by atoms with E-state index in [4.69, 9.17) is 10.8 Å². The van der Waals surface area contributed by atoms with Crippen molar-refractivity contribution < 1.29 is 0 Å². The highest BCUT2D eigenvalue weighted by Crippen LogP contribution is 2.32. The Morgan fingerprint density at radius 2 is 1.91 bits per heavy atom. The molecule has 5 heteroatoms. The monoisotopic (exact) mass is 439 g/mol. The zero-order valence-corrected chi connectivity index (χ0v) is 20.0. The van der Waals surface area contributed by atoms with Gasteiger partial charge in [-0.25, -0.2) is 4.98 Å². The van der Waals surface area contributed by atoms with E-state index in [1.807, 2.05) is 16.9 Å². The Bertz CT molecular complexity index is 1250. The van der Waals surface area contributed by atoms with Crippen molar-refractivity contribution >= 4 is 22.4 Å². The first-order valence-electron chi connectivity index (χ1n) is 11.7. The second-order valence-electron chi connectivity index (χ2n) is 9.03. The summed E-state index contributed by atoms with van der Waals surface area (Å²) in [4.78, 5) is 8.99. The smallest absolute Gasteiger partial charge is 0.149 e. The van der Waals surface area contributed by atoms with Crippen molar-refractivity contribution in [2.24, 2.45) is 10.9 Å². The third-order valence-corrected chi connectivity index (χ3v) is 6.55. The molecule has 2 unspecified atom stereocenters. The first-order valence-corrected chi connectivity index (χ1v) is 11.7. The van der Waals surface area contributed by atoms with Crippen LogP contribution in [0.25, 0.3) is 10.9 Å². The highest BCUT2D eigenvalue weighted by atomic mass is 15.3. The molecule has 2 aromatic rings. The number of aliphatic imine (C=N–C) groups is 1. The molecule has 0 aromatic carbocycles. The summed E-state index contributed by atoms with van der Waals surface area (Å²) in [7, 11) is 0. The molecule has 2 atom stereocenters. The predicted molar refractivity (Wildman–Crippen MR) is 139 cm³/mol. The van der Waals surface area contributed by atoms with E-state index in [1.165, 1.54) is 16.7 Å². The van der Waals surface area contributed by atoms with E-state index < -0.39 is 0 Å². The van der Waals surface area contributed by atoms with Crippen LogP contribution in [0.4, 0.5) is 5.82 Å². The van der Waals surface area contributed by atoms with Crippen LogP contribution in [0.1, 0.15) is 52.1 Å². The molecule has 4 rings (SSSR count). The number of nitrogens with zero attached hydrogens (tertiary/aromatic N) is 4. The molecule has 170 valence electrons. The molecule has 2 aromatic heterocycles. The van der Waals surface area contributed by atoms with Crippen LogP contribution in [0.15, 0.2) is 88.8 Å². The first-order chi connectivity index (χ1) is 15.9. The number of fused-ring (bicyclic) bond motifs is 1. The quantitative estimate of drug-likeness (QED) is 0.562. The number of pyridine rings is 1. The number of nitrogens with two attached hydrogens (primary N) is 1. The van der Waals surface area contributed by atoms with Crippen LogP contribution < -0.4 is 5.73 Å². The van der Waals surface area contributed by atoms with E-state index in [0.717, 1.165) is 35.2 Å². The van der Waals surface area contributed by atoms with Crippen molar-refractivity contribution in [3.8, 4) is 0 Å². The van der Waals surface area contributed by atoms with E-state index in [9.17, 15) is 0 Å². The molecule has 2 aliphatic rings. The van der Waals surface area contributed by atoms with Crippen molar-refractivity contribution in [2.75, 3.05) is 5.73 Å². The number of anilines is 1. The molecule has 0 amide bonds. The SMILES string of the molecule is CC1=CC(Cn2nc(C(C)CCC3=C(C)C=CC=CC=C3)c3ccnc(N)c32)=NC=CC1C. The summed E-state index contributed by atoms with van der Waals surface area (Å²) in [5, 5.41) is 6.12. The molecular weight excluding hydrogens is 406 g/mol. The maximum atomic E-state index is 6.33. The van der Waals surface area contributed by atoms with Crippen LogP contribution in [0.3, 0.4) is 0 Å². The minimum Gasteiger partial charge on any atom is -0.382 e. The van der Waals surface area contributed by atoms with Gasteiger partial charge >= 0.3 is 0 Å². The van der Waals surface area contributed by atoms with E-state index in [2.05, 4.69) is 86.3 Å². The molecule has 1 aliphatic heterocycles. The Labute approximate surface area is 196 Å².